The molecule has 1 aromatic heterocycles. The van der Waals surface area contributed by atoms with Crippen molar-refractivity contribution in [1.82, 2.24) is 14.8 Å². The lowest BCUT2D eigenvalue weighted by Crippen LogP contribution is -2.15. The van der Waals surface area contributed by atoms with E-state index in [-0.39, 0.29) is 32.9 Å². The fourth-order valence-corrected chi connectivity index (χ4v) is 4.42. The summed E-state index contributed by atoms with van der Waals surface area (Å²) in [5.74, 6) is -0.0677. The van der Waals surface area contributed by atoms with Crippen LogP contribution in [0.2, 0.25) is 10.0 Å². The number of anilines is 1. The third-order valence-corrected chi connectivity index (χ3v) is 6.15. The van der Waals surface area contributed by atoms with Crippen LogP contribution in [0.1, 0.15) is 0 Å². The van der Waals surface area contributed by atoms with E-state index in [1.54, 1.807) is 28.8 Å². The molecule has 0 aliphatic rings. The first-order valence-corrected chi connectivity index (χ1v) is 11.4. The smallest absolute Gasteiger partial charge is 0.272 e. The second-order valence-corrected chi connectivity index (χ2v) is 8.63. The van der Waals surface area contributed by atoms with E-state index in [9.17, 15) is 20.0 Å². The molecule has 0 fully saturated rings. The number of benzene rings is 3. The van der Waals surface area contributed by atoms with Crippen molar-refractivity contribution < 1.29 is 14.8 Å². The molecule has 9 nitrogen and oxygen atoms in total. The van der Waals surface area contributed by atoms with Crippen molar-refractivity contribution in [3.05, 3.63) is 86.9 Å². The van der Waals surface area contributed by atoms with Crippen molar-refractivity contribution in [3.8, 4) is 22.8 Å². The number of rotatable bonds is 7. The molecule has 0 radical (unpaired) electrons. The van der Waals surface area contributed by atoms with Crippen molar-refractivity contribution in [3.63, 3.8) is 0 Å². The molecule has 0 bridgehead atoms. The molecule has 4 rings (SSSR count). The highest BCUT2D eigenvalue weighted by molar-refractivity contribution is 7.99. The first-order valence-electron chi connectivity index (χ1n) is 9.70. The number of aromatic hydroxyl groups is 1. The number of nitrogens with zero attached hydrogens (tertiary/aromatic N) is 4. The van der Waals surface area contributed by atoms with Gasteiger partial charge in [-0.3, -0.25) is 19.5 Å². The number of para-hydroxylation sites is 2. The maximum absolute atomic E-state index is 12.6. The van der Waals surface area contributed by atoms with Crippen molar-refractivity contribution in [2.75, 3.05) is 11.1 Å². The average molecular weight is 516 g/mol. The molecule has 0 aliphatic heterocycles. The Morgan fingerprint density at radius 2 is 1.71 bits per heavy atom. The Morgan fingerprint density at radius 3 is 2.35 bits per heavy atom. The summed E-state index contributed by atoms with van der Waals surface area (Å²) in [5.41, 5.74) is 1.03. The van der Waals surface area contributed by atoms with Crippen LogP contribution in [0.4, 0.5) is 11.4 Å². The summed E-state index contributed by atoms with van der Waals surface area (Å²) in [7, 11) is 0. The quantitative estimate of drug-likeness (QED) is 0.187. The molecule has 4 aromatic rings. The zero-order chi connectivity index (χ0) is 24.2. The molecule has 0 atom stereocenters. The van der Waals surface area contributed by atoms with Gasteiger partial charge in [0.2, 0.25) is 5.91 Å². The van der Waals surface area contributed by atoms with E-state index in [0.717, 1.165) is 29.6 Å². The number of hydrogen-bond acceptors (Lipinski definition) is 7. The number of amides is 1. The van der Waals surface area contributed by atoms with Gasteiger partial charge < -0.3 is 10.4 Å². The number of hydrogen-bond donors (Lipinski definition) is 2. The molecule has 12 heteroatoms. The van der Waals surface area contributed by atoms with Crippen molar-refractivity contribution in [2.45, 2.75) is 5.16 Å². The minimum absolute atomic E-state index is 0.0452. The SMILES string of the molecule is O=C(CSc1nnc(-c2ccccc2O)n1-c1ccccc1)Nc1c(Cl)cc([N+](=O)[O-])cc1Cl. The number of halogens is 2. The third-order valence-electron chi connectivity index (χ3n) is 4.63. The second kappa shape index (κ2) is 10.1. The maximum atomic E-state index is 12.6. The van der Waals surface area contributed by atoms with Crippen LogP contribution < -0.4 is 5.32 Å². The second-order valence-electron chi connectivity index (χ2n) is 6.87. The molecule has 1 amide bonds. The number of nitrogens with one attached hydrogen (secondary N) is 1. The molecule has 0 saturated heterocycles. The lowest BCUT2D eigenvalue weighted by molar-refractivity contribution is -0.384. The van der Waals surface area contributed by atoms with Crippen LogP contribution >= 0.6 is 35.0 Å². The molecule has 0 unspecified atom stereocenters. The summed E-state index contributed by atoms with van der Waals surface area (Å²) < 4.78 is 1.73. The molecular weight excluding hydrogens is 501 g/mol. The first-order chi connectivity index (χ1) is 16.3. The molecule has 0 saturated carbocycles. The lowest BCUT2D eigenvalue weighted by atomic mass is 10.2. The number of phenols is 1. The molecular formula is C22H15Cl2N5O4S. The zero-order valence-electron chi connectivity index (χ0n) is 17.2. The molecule has 0 spiro atoms. The van der Waals surface area contributed by atoms with Crippen molar-refractivity contribution in [1.29, 1.82) is 0 Å². The summed E-state index contributed by atoms with van der Waals surface area (Å²) in [4.78, 5) is 22.9. The predicted molar refractivity (Wildman–Crippen MR) is 131 cm³/mol. The molecule has 34 heavy (non-hydrogen) atoms. The Bertz CT molecular complexity index is 1360. The number of carbonyl (C=O) groups excluding carboxylic acids is 1. The third kappa shape index (κ3) is 4.98. The van der Waals surface area contributed by atoms with Crippen LogP contribution in [0.5, 0.6) is 5.75 Å². The minimum Gasteiger partial charge on any atom is -0.507 e. The molecule has 1 heterocycles. The van der Waals surface area contributed by atoms with E-state index in [1.165, 1.54) is 0 Å². The fraction of sp³-hybridized carbons (Fsp3) is 0.0455. The standard InChI is InChI=1S/C22H15Cl2N5O4S/c23-16-10-14(29(32)33)11-17(24)20(16)25-19(31)12-34-22-27-26-21(15-8-4-5-9-18(15)30)28(22)13-6-2-1-3-7-13/h1-11,30H,12H2,(H,25,31). The molecule has 172 valence electrons. The van der Waals surface area contributed by atoms with Crippen LogP contribution in [0.3, 0.4) is 0 Å². The Morgan fingerprint density at radius 1 is 1.06 bits per heavy atom. The van der Waals surface area contributed by atoms with Gasteiger partial charge in [0, 0.05) is 17.8 Å². The van der Waals surface area contributed by atoms with Gasteiger partial charge in [0.15, 0.2) is 11.0 Å². The van der Waals surface area contributed by atoms with Gasteiger partial charge in [-0.25, -0.2) is 0 Å². The maximum Gasteiger partial charge on any atom is 0.272 e. The van der Waals surface area contributed by atoms with E-state index >= 15 is 0 Å². The summed E-state index contributed by atoms with van der Waals surface area (Å²) >= 11 is 13.3. The summed E-state index contributed by atoms with van der Waals surface area (Å²) in [6.07, 6.45) is 0. The van der Waals surface area contributed by atoms with Gasteiger partial charge in [-0.05, 0) is 24.3 Å². The highest BCUT2D eigenvalue weighted by Gasteiger charge is 2.20. The van der Waals surface area contributed by atoms with Crippen LogP contribution in [0, 0.1) is 10.1 Å². The van der Waals surface area contributed by atoms with Gasteiger partial charge in [0.1, 0.15) is 5.75 Å². The normalized spacial score (nSPS) is 10.8. The summed E-state index contributed by atoms with van der Waals surface area (Å²) in [6.45, 7) is 0. The van der Waals surface area contributed by atoms with E-state index in [0.29, 0.717) is 16.5 Å². The Balaban J connectivity index is 1.59. The largest absolute Gasteiger partial charge is 0.507 e. The first kappa shape index (κ1) is 23.6. The van der Waals surface area contributed by atoms with Crippen molar-refractivity contribution in [2.24, 2.45) is 0 Å². The number of non-ortho nitro benzene ring substituents is 1. The highest BCUT2D eigenvalue weighted by atomic mass is 35.5. The number of phenolic OH excluding ortho intramolecular Hbond substituents is 1. The van der Waals surface area contributed by atoms with E-state index < -0.39 is 10.8 Å². The Kier molecular flexibility index (Phi) is 7.01. The van der Waals surface area contributed by atoms with E-state index in [1.807, 2.05) is 30.3 Å². The van der Waals surface area contributed by atoms with Gasteiger partial charge in [-0.1, -0.05) is 65.3 Å². The Labute approximate surface area is 207 Å². The predicted octanol–water partition coefficient (Wildman–Crippen LogP) is 5.59. The number of aromatic nitrogens is 3. The monoisotopic (exact) mass is 515 g/mol. The minimum atomic E-state index is -0.627. The fourth-order valence-electron chi connectivity index (χ4n) is 3.10. The van der Waals surface area contributed by atoms with E-state index in [4.69, 9.17) is 23.2 Å². The van der Waals surface area contributed by atoms with Crippen LogP contribution in [0.25, 0.3) is 17.1 Å². The number of carbonyl (C=O) groups is 1. The topological polar surface area (TPSA) is 123 Å². The zero-order valence-corrected chi connectivity index (χ0v) is 19.5. The number of nitro benzene ring substituents is 1. The van der Waals surface area contributed by atoms with Gasteiger partial charge in [-0.2, -0.15) is 0 Å². The molecule has 0 aliphatic carbocycles. The van der Waals surface area contributed by atoms with Gasteiger partial charge in [0.25, 0.3) is 5.69 Å². The average Bonchev–Trinajstić information content (AvgIpc) is 3.24. The molecule has 3 aromatic carbocycles. The van der Waals surface area contributed by atoms with Crippen LogP contribution in [0.15, 0.2) is 71.9 Å². The molecule has 2 N–H and O–H groups in total. The Hall–Kier alpha value is -3.60. The summed E-state index contributed by atoms with van der Waals surface area (Å²) in [6, 6.07) is 18.3. The van der Waals surface area contributed by atoms with Gasteiger partial charge in [0.05, 0.1) is 32.0 Å². The van der Waals surface area contributed by atoms with E-state index in [2.05, 4.69) is 15.5 Å². The summed E-state index contributed by atoms with van der Waals surface area (Å²) in [5, 5.41) is 32.6. The van der Waals surface area contributed by atoms with Gasteiger partial charge in [-0.15, -0.1) is 10.2 Å². The van der Waals surface area contributed by atoms with Crippen LogP contribution in [-0.4, -0.2) is 36.5 Å². The van der Waals surface area contributed by atoms with Crippen molar-refractivity contribution >= 4 is 52.2 Å². The lowest BCUT2D eigenvalue weighted by Gasteiger charge is -2.12. The highest BCUT2D eigenvalue weighted by Crippen LogP contribution is 2.35. The van der Waals surface area contributed by atoms with Gasteiger partial charge >= 0.3 is 0 Å². The van der Waals surface area contributed by atoms with Crippen LogP contribution in [-0.2, 0) is 4.79 Å². The number of thioether (sulfide) groups is 1. The number of nitro groups is 1.